The normalized spacial score (nSPS) is 12.4. The van der Waals surface area contributed by atoms with Crippen LogP contribution in [-0.2, 0) is 6.61 Å². The molecule has 0 bridgehead atoms. The van der Waals surface area contributed by atoms with E-state index < -0.39 is 0 Å². The number of hydrogen-bond acceptors (Lipinski definition) is 3. The van der Waals surface area contributed by atoms with Crippen molar-refractivity contribution in [2.75, 3.05) is 0 Å². The van der Waals surface area contributed by atoms with Crippen molar-refractivity contribution in [3.8, 4) is 5.75 Å². The molecule has 1 atom stereocenters. The van der Waals surface area contributed by atoms with Gasteiger partial charge in [-0.3, -0.25) is 0 Å². The zero-order valence-corrected chi connectivity index (χ0v) is 12.8. The molecule has 1 heterocycles. The van der Waals surface area contributed by atoms with Gasteiger partial charge in [-0.25, -0.2) is 0 Å². The molecule has 1 aromatic heterocycles. The van der Waals surface area contributed by atoms with Crippen LogP contribution in [0.2, 0.25) is 0 Å². The van der Waals surface area contributed by atoms with Gasteiger partial charge in [0.2, 0.25) is 0 Å². The van der Waals surface area contributed by atoms with E-state index in [1.54, 1.807) is 11.3 Å². The Morgan fingerprint density at radius 3 is 2.72 bits per heavy atom. The smallest absolute Gasteiger partial charge is 0.124 e. The summed E-state index contributed by atoms with van der Waals surface area (Å²) in [6.07, 6.45) is 0. The Morgan fingerprint density at radius 1 is 1.39 bits per heavy atom. The first kappa shape index (κ1) is 13.6. The lowest BCUT2D eigenvalue weighted by molar-refractivity contribution is 0.307. The molecule has 0 aliphatic heterocycles. The average molecular weight is 326 g/mol. The summed E-state index contributed by atoms with van der Waals surface area (Å²) in [6.45, 7) is 4.62. The largest absolute Gasteiger partial charge is 0.488 e. The quantitative estimate of drug-likeness (QED) is 0.903. The summed E-state index contributed by atoms with van der Waals surface area (Å²) in [5.41, 5.74) is 8.12. The van der Waals surface area contributed by atoms with Crippen molar-refractivity contribution in [2.24, 2.45) is 5.73 Å². The van der Waals surface area contributed by atoms with E-state index in [9.17, 15) is 0 Å². The van der Waals surface area contributed by atoms with Gasteiger partial charge in [-0.05, 0) is 58.4 Å². The van der Waals surface area contributed by atoms with Crippen LogP contribution in [0.15, 0.2) is 34.1 Å². The maximum absolute atomic E-state index is 5.86. The van der Waals surface area contributed by atoms with Crippen LogP contribution in [-0.4, -0.2) is 0 Å². The molecule has 0 aliphatic rings. The molecule has 18 heavy (non-hydrogen) atoms. The number of rotatable bonds is 4. The highest BCUT2D eigenvalue weighted by Gasteiger charge is 2.06. The van der Waals surface area contributed by atoms with Crippen LogP contribution < -0.4 is 10.5 Å². The average Bonchev–Trinajstić information content (AvgIpc) is 2.73. The first-order chi connectivity index (χ1) is 8.58. The predicted octanol–water partition coefficient (Wildman–Crippen LogP) is 4.42. The van der Waals surface area contributed by atoms with E-state index >= 15 is 0 Å². The van der Waals surface area contributed by atoms with Gasteiger partial charge in [0.05, 0.1) is 4.88 Å². The molecule has 0 saturated heterocycles. The lowest BCUT2D eigenvalue weighted by atomic mass is 10.1. The summed E-state index contributed by atoms with van der Waals surface area (Å²) in [6, 6.07) is 8.20. The van der Waals surface area contributed by atoms with E-state index in [4.69, 9.17) is 10.5 Å². The first-order valence-electron chi connectivity index (χ1n) is 5.78. The van der Waals surface area contributed by atoms with Gasteiger partial charge in [-0.1, -0.05) is 12.1 Å². The van der Waals surface area contributed by atoms with Crippen molar-refractivity contribution in [2.45, 2.75) is 26.5 Å². The van der Waals surface area contributed by atoms with Crippen molar-refractivity contribution in [3.63, 3.8) is 0 Å². The van der Waals surface area contributed by atoms with Gasteiger partial charge < -0.3 is 10.5 Å². The molecule has 0 fully saturated rings. The highest BCUT2D eigenvalue weighted by Crippen LogP contribution is 2.26. The second kappa shape index (κ2) is 5.87. The zero-order chi connectivity index (χ0) is 13.1. The van der Waals surface area contributed by atoms with Crippen molar-refractivity contribution in [3.05, 3.63) is 50.1 Å². The maximum Gasteiger partial charge on any atom is 0.124 e. The van der Waals surface area contributed by atoms with Gasteiger partial charge in [-0.15, -0.1) is 11.3 Å². The number of nitrogens with two attached hydrogens (primary N) is 1. The highest BCUT2D eigenvalue weighted by atomic mass is 79.9. The number of thiophene rings is 1. The van der Waals surface area contributed by atoms with Crippen LogP contribution in [0.5, 0.6) is 5.75 Å². The van der Waals surface area contributed by atoms with Gasteiger partial charge >= 0.3 is 0 Å². The summed E-state index contributed by atoms with van der Waals surface area (Å²) < 4.78 is 6.94. The molecule has 2 N–H and O–H groups in total. The topological polar surface area (TPSA) is 35.2 Å². The Kier molecular flexibility index (Phi) is 4.43. The van der Waals surface area contributed by atoms with E-state index in [-0.39, 0.29) is 6.04 Å². The molecule has 0 amide bonds. The number of benzene rings is 1. The molecule has 0 saturated carbocycles. The lowest BCUT2D eigenvalue weighted by Gasteiger charge is -2.12. The van der Waals surface area contributed by atoms with E-state index in [1.807, 2.05) is 32.0 Å². The molecule has 1 aromatic carbocycles. The van der Waals surface area contributed by atoms with Gasteiger partial charge in [-0.2, -0.15) is 0 Å². The Labute approximate surface area is 120 Å². The molecule has 0 aliphatic carbocycles. The number of ether oxygens (including phenoxy) is 1. The van der Waals surface area contributed by atoms with Crippen molar-refractivity contribution < 1.29 is 4.74 Å². The Morgan fingerprint density at radius 2 is 2.17 bits per heavy atom. The standard InChI is InChI=1S/C14H16BrNOS/c1-9-7-11(10(2)16)3-4-13(9)17-8-14-12(15)5-6-18-14/h3-7,10H,8,16H2,1-2H3/t10-/m0/s1. The molecule has 0 radical (unpaired) electrons. The first-order valence-corrected chi connectivity index (χ1v) is 7.46. The molecular weight excluding hydrogens is 310 g/mol. The van der Waals surface area contributed by atoms with Crippen LogP contribution in [0.1, 0.15) is 29.0 Å². The summed E-state index contributed by atoms with van der Waals surface area (Å²) in [5.74, 6) is 0.916. The minimum Gasteiger partial charge on any atom is -0.488 e. The fourth-order valence-corrected chi connectivity index (χ4v) is 3.07. The summed E-state index contributed by atoms with van der Waals surface area (Å²) in [5, 5.41) is 2.05. The summed E-state index contributed by atoms with van der Waals surface area (Å²) in [7, 11) is 0. The fraction of sp³-hybridized carbons (Fsp3) is 0.286. The van der Waals surface area contributed by atoms with E-state index in [0.717, 1.165) is 21.3 Å². The molecular formula is C14H16BrNOS. The molecule has 2 aromatic rings. The summed E-state index contributed by atoms with van der Waals surface area (Å²) >= 11 is 5.19. The van der Waals surface area contributed by atoms with Gasteiger partial charge in [0, 0.05) is 10.5 Å². The van der Waals surface area contributed by atoms with Crippen LogP contribution in [0.3, 0.4) is 0 Å². The predicted molar refractivity (Wildman–Crippen MR) is 80.1 cm³/mol. The van der Waals surface area contributed by atoms with Crippen LogP contribution in [0.25, 0.3) is 0 Å². The Hall–Kier alpha value is -0.840. The fourth-order valence-electron chi connectivity index (χ4n) is 1.69. The number of aryl methyl sites for hydroxylation is 1. The van der Waals surface area contributed by atoms with Gasteiger partial charge in [0.1, 0.15) is 12.4 Å². The van der Waals surface area contributed by atoms with E-state index in [1.165, 1.54) is 4.88 Å². The Balaban J connectivity index is 2.08. The van der Waals surface area contributed by atoms with Crippen molar-refractivity contribution >= 4 is 27.3 Å². The van der Waals surface area contributed by atoms with Crippen LogP contribution in [0.4, 0.5) is 0 Å². The monoisotopic (exact) mass is 325 g/mol. The van der Waals surface area contributed by atoms with Gasteiger partial charge in [0.15, 0.2) is 0 Å². The third-order valence-electron chi connectivity index (χ3n) is 2.77. The number of hydrogen-bond donors (Lipinski definition) is 1. The molecule has 2 rings (SSSR count). The van der Waals surface area contributed by atoms with Crippen molar-refractivity contribution in [1.29, 1.82) is 0 Å². The van der Waals surface area contributed by atoms with Crippen LogP contribution >= 0.6 is 27.3 Å². The third-order valence-corrected chi connectivity index (χ3v) is 4.67. The van der Waals surface area contributed by atoms with E-state index in [0.29, 0.717) is 6.61 Å². The molecule has 96 valence electrons. The molecule has 4 heteroatoms. The number of halogens is 1. The van der Waals surface area contributed by atoms with Crippen molar-refractivity contribution in [1.82, 2.24) is 0 Å². The maximum atomic E-state index is 5.86. The summed E-state index contributed by atoms with van der Waals surface area (Å²) in [4.78, 5) is 1.20. The Bertz CT molecular complexity index is 536. The lowest BCUT2D eigenvalue weighted by Crippen LogP contribution is -2.05. The van der Waals surface area contributed by atoms with Crippen LogP contribution in [0, 0.1) is 6.92 Å². The minimum absolute atomic E-state index is 0.0594. The van der Waals surface area contributed by atoms with Gasteiger partial charge in [0.25, 0.3) is 0 Å². The highest BCUT2D eigenvalue weighted by molar-refractivity contribution is 9.10. The second-order valence-electron chi connectivity index (χ2n) is 4.29. The molecule has 2 nitrogen and oxygen atoms in total. The zero-order valence-electron chi connectivity index (χ0n) is 10.4. The van der Waals surface area contributed by atoms with E-state index in [2.05, 4.69) is 27.4 Å². The second-order valence-corrected chi connectivity index (χ2v) is 6.15. The SMILES string of the molecule is Cc1cc([C@H](C)N)ccc1OCc1sccc1Br. The third kappa shape index (κ3) is 3.13. The minimum atomic E-state index is 0.0594. The molecule has 0 unspecified atom stereocenters. The molecule has 0 spiro atoms.